The number of aromatic nitrogens is 3. The van der Waals surface area contributed by atoms with Gasteiger partial charge >= 0.3 is 0 Å². The van der Waals surface area contributed by atoms with Crippen molar-refractivity contribution < 1.29 is 4.74 Å². The van der Waals surface area contributed by atoms with Gasteiger partial charge in [0.15, 0.2) is 0 Å². The van der Waals surface area contributed by atoms with Crippen molar-refractivity contribution in [1.82, 2.24) is 14.9 Å². The molecule has 0 aliphatic heterocycles. The van der Waals surface area contributed by atoms with E-state index in [4.69, 9.17) is 28.6 Å². The van der Waals surface area contributed by atoms with E-state index in [9.17, 15) is 4.79 Å². The van der Waals surface area contributed by atoms with Crippen LogP contribution in [-0.2, 0) is 6.61 Å². The van der Waals surface area contributed by atoms with Crippen LogP contribution in [0.3, 0.4) is 0 Å². The third-order valence-electron chi connectivity index (χ3n) is 3.53. The molecular weight excluding hydrogens is 372 g/mol. The standard InChI is InChI=1S/C18H15ClN4O2S/c1-12-17(24)23(18(26)22-21-12)20-10-13-4-8-16(9-5-13)25-11-14-2-6-15(19)7-3-14/h2-10H,11H2,1H3,(H,22,26)/b20-10-. The first kappa shape index (κ1) is 18.0. The Balaban J connectivity index is 1.68. The van der Waals surface area contributed by atoms with Gasteiger partial charge in [-0.05, 0) is 66.7 Å². The van der Waals surface area contributed by atoms with Gasteiger partial charge in [-0.25, -0.2) is 0 Å². The Labute approximate surface area is 159 Å². The molecule has 0 radical (unpaired) electrons. The van der Waals surface area contributed by atoms with Crippen molar-refractivity contribution in [2.24, 2.45) is 5.10 Å². The number of nitrogens with zero attached hydrogens (tertiary/aromatic N) is 3. The summed E-state index contributed by atoms with van der Waals surface area (Å²) in [6, 6.07) is 14.8. The highest BCUT2D eigenvalue weighted by Crippen LogP contribution is 2.15. The van der Waals surface area contributed by atoms with Crippen LogP contribution in [0.15, 0.2) is 58.4 Å². The Morgan fingerprint density at radius 1 is 1.23 bits per heavy atom. The zero-order valence-electron chi connectivity index (χ0n) is 13.8. The molecule has 0 unspecified atom stereocenters. The van der Waals surface area contributed by atoms with E-state index in [-0.39, 0.29) is 10.3 Å². The Bertz CT molecular complexity index is 1040. The van der Waals surface area contributed by atoms with Crippen molar-refractivity contribution in [3.8, 4) is 5.75 Å². The molecular formula is C18H15ClN4O2S. The second-order valence-electron chi connectivity index (χ2n) is 5.46. The van der Waals surface area contributed by atoms with Crippen LogP contribution in [0.25, 0.3) is 0 Å². The minimum atomic E-state index is -0.354. The van der Waals surface area contributed by atoms with Gasteiger partial charge in [-0.3, -0.25) is 9.89 Å². The molecule has 26 heavy (non-hydrogen) atoms. The summed E-state index contributed by atoms with van der Waals surface area (Å²) < 4.78 is 6.97. The quantitative estimate of drug-likeness (QED) is 0.535. The summed E-state index contributed by atoms with van der Waals surface area (Å²) >= 11 is 10.9. The van der Waals surface area contributed by atoms with E-state index in [1.165, 1.54) is 0 Å². The predicted octanol–water partition coefficient (Wildman–Crippen LogP) is 3.72. The highest BCUT2D eigenvalue weighted by Gasteiger charge is 2.01. The maximum absolute atomic E-state index is 12.0. The minimum absolute atomic E-state index is 0.139. The number of ether oxygens (including phenoxy) is 1. The molecule has 0 fully saturated rings. The van der Waals surface area contributed by atoms with Crippen LogP contribution in [0, 0.1) is 11.7 Å². The summed E-state index contributed by atoms with van der Waals surface area (Å²) in [5, 5.41) is 11.2. The van der Waals surface area contributed by atoms with E-state index in [0.717, 1.165) is 21.6 Å². The Morgan fingerprint density at radius 2 is 1.92 bits per heavy atom. The minimum Gasteiger partial charge on any atom is -0.489 e. The lowest BCUT2D eigenvalue weighted by atomic mass is 10.2. The first-order valence-corrected chi connectivity index (χ1v) is 8.51. The third-order valence-corrected chi connectivity index (χ3v) is 4.05. The van der Waals surface area contributed by atoms with Crippen LogP contribution in [0.1, 0.15) is 16.8 Å². The van der Waals surface area contributed by atoms with Crippen molar-refractivity contribution >= 4 is 30.0 Å². The van der Waals surface area contributed by atoms with E-state index in [0.29, 0.717) is 17.3 Å². The molecule has 3 rings (SSSR count). The number of H-pyrrole nitrogens is 1. The molecule has 3 aromatic rings. The second-order valence-corrected chi connectivity index (χ2v) is 6.28. The lowest BCUT2D eigenvalue weighted by Gasteiger charge is -2.06. The van der Waals surface area contributed by atoms with E-state index in [2.05, 4.69) is 15.3 Å². The van der Waals surface area contributed by atoms with Gasteiger partial charge in [0.2, 0.25) is 4.77 Å². The van der Waals surface area contributed by atoms with Gasteiger partial charge in [-0.15, -0.1) is 0 Å². The molecule has 6 nitrogen and oxygen atoms in total. The van der Waals surface area contributed by atoms with E-state index >= 15 is 0 Å². The molecule has 2 aromatic carbocycles. The highest BCUT2D eigenvalue weighted by molar-refractivity contribution is 7.71. The summed E-state index contributed by atoms with van der Waals surface area (Å²) in [5.74, 6) is 0.728. The van der Waals surface area contributed by atoms with E-state index in [1.807, 2.05) is 48.5 Å². The number of halogens is 1. The number of hydrogen-bond donors (Lipinski definition) is 1. The zero-order valence-corrected chi connectivity index (χ0v) is 15.4. The monoisotopic (exact) mass is 386 g/mol. The number of nitrogens with one attached hydrogen (secondary N) is 1. The van der Waals surface area contributed by atoms with E-state index < -0.39 is 0 Å². The molecule has 0 aliphatic carbocycles. The van der Waals surface area contributed by atoms with Gasteiger partial charge in [0.25, 0.3) is 5.56 Å². The van der Waals surface area contributed by atoms with Gasteiger partial charge in [0, 0.05) is 5.02 Å². The zero-order chi connectivity index (χ0) is 18.5. The lowest BCUT2D eigenvalue weighted by molar-refractivity contribution is 0.306. The molecule has 1 heterocycles. The molecule has 0 atom stereocenters. The fourth-order valence-electron chi connectivity index (χ4n) is 2.10. The molecule has 0 saturated heterocycles. The Hall–Kier alpha value is -2.77. The normalized spacial score (nSPS) is 11.0. The van der Waals surface area contributed by atoms with Crippen molar-refractivity contribution in [3.63, 3.8) is 0 Å². The molecule has 1 N–H and O–H groups in total. The average molecular weight is 387 g/mol. The Kier molecular flexibility index (Phi) is 5.60. The average Bonchev–Trinajstić information content (AvgIpc) is 2.65. The number of rotatable bonds is 5. The maximum Gasteiger partial charge on any atom is 0.296 e. The molecule has 8 heteroatoms. The number of aryl methyl sites for hydroxylation is 1. The van der Waals surface area contributed by atoms with Gasteiger partial charge in [0.05, 0.1) is 6.21 Å². The number of benzene rings is 2. The summed E-state index contributed by atoms with van der Waals surface area (Å²) in [5.41, 5.74) is 1.77. The van der Waals surface area contributed by atoms with Crippen molar-refractivity contribution in [1.29, 1.82) is 0 Å². The molecule has 1 aromatic heterocycles. The second kappa shape index (κ2) is 8.07. The van der Waals surface area contributed by atoms with Crippen LogP contribution in [0.2, 0.25) is 5.02 Å². The fourth-order valence-corrected chi connectivity index (χ4v) is 2.40. The maximum atomic E-state index is 12.0. The summed E-state index contributed by atoms with van der Waals surface area (Å²) in [6.07, 6.45) is 1.55. The highest BCUT2D eigenvalue weighted by atomic mass is 35.5. The summed E-state index contributed by atoms with van der Waals surface area (Å²) in [7, 11) is 0. The molecule has 0 amide bonds. The topological polar surface area (TPSA) is 72.3 Å². The van der Waals surface area contributed by atoms with Crippen molar-refractivity contribution in [2.75, 3.05) is 0 Å². The van der Waals surface area contributed by atoms with Crippen LogP contribution in [-0.4, -0.2) is 21.1 Å². The molecule has 0 bridgehead atoms. The predicted molar refractivity (Wildman–Crippen MR) is 104 cm³/mol. The van der Waals surface area contributed by atoms with Crippen LogP contribution >= 0.6 is 23.8 Å². The SMILES string of the molecule is Cc1n[nH]c(=S)n(/N=C\c2ccc(OCc3ccc(Cl)cc3)cc2)c1=O. The summed E-state index contributed by atoms with van der Waals surface area (Å²) in [4.78, 5) is 12.0. The first-order chi connectivity index (χ1) is 12.5. The van der Waals surface area contributed by atoms with Crippen molar-refractivity contribution in [2.45, 2.75) is 13.5 Å². The number of hydrogen-bond acceptors (Lipinski definition) is 5. The van der Waals surface area contributed by atoms with Crippen LogP contribution in [0.4, 0.5) is 0 Å². The van der Waals surface area contributed by atoms with Gasteiger partial charge in [-0.1, -0.05) is 23.7 Å². The fraction of sp³-hybridized carbons (Fsp3) is 0.111. The van der Waals surface area contributed by atoms with Gasteiger partial charge < -0.3 is 4.74 Å². The number of aromatic amines is 1. The Morgan fingerprint density at radius 3 is 2.62 bits per heavy atom. The van der Waals surface area contributed by atoms with Gasteiger partial charge in [-0.2, -0.15) is 14.9 Å². The molecule has 132 valence electrons. The first-order valence-electron chi connectivity index (χ1n) is 7.73. The van der Waals surface area contributed by atoms with Crippen LogP contribution < -0.4 is 10.3 Å². The molecule has 0 aliphatic rings. The van der Waals surface area contributed by atoms with E-state index in [1.54, 1.807) is 13.1 Å². The van der Waals surface area contributed by atoms with Gasteiger partial charge in [0.1, 0.15) is 18.1 Å². The van der Waals surface area contributed by atoms with Crippen molar-refractivity contribution in [3.05, 3.63) is 85.5 Å². The van der Waals surface area contributed by atoms with Crippen LogP contribution in [0.5, 0.6) is 5.75 Å². The smallest absolute Gasteiger partial charge is 0.296 e. The summed E-state index contributed by atoms with van der Waals surface area (Å²) in [6.45, 7) is 2.04. The largest absolute Gasteiger partial charge is 0.489 e. The molecule has 0 spiro atoms. The third kappa shape index (κ3) is 4.44. The lowest BCUT2D eigenvalue weighted by Crippen LogP contribution is -2.22. The molecule has 0 saturated carbocycles.